The van der Waals surface area contributed by atoms with Crippen LogP contribution in [0.5, 0.6) is 5.75 Å². The number of aryl methyl sites for hydroxylation is 1. The molecule has 172 valence electrons. The molecule has 0 saturated heterocycles. The van der Waals surface area contributed by atoms with Crippen LogP contribution in [0.1, 0.15) is 39.7 Å². The number of ether oxygens (including phenoxy) is 2. The minimum atomic E-state index is -0.706. The van der Waals surface area contributed by atoms with E-state index < -0.39 is 17.7 Å². The lowest BCUT2D eigenvalue weighted by atomic mass is 9.99. The fraction of sp³-hybridized carbons (Fsp3) is 0.385. The first-order chi connectivity index (χ1) is 15.1. The Bertz CT molecular complexity index is 949. The van der Waals surface area contributed by atoms with Crippen molar-refractivity contribution in [2.24, 2.45) is 0 Å². The Labute approximate surface area is 191 Å². The lowest BCUT2D eigenvalue weighted by Gasteiger charge is -2.37. The number of amides is 1. The molecule has 6 heteroatoms. The lowest BCUT2D eigenvalue weighted by Crippen LogP contribution is -2.52. The lowest BCUT2D eigenvalue weighted by molar-refractivity contribution is -0.112. The molecule has 32 heavy (non-hydrogen) atoms. The average molecular weight is 439 g/mol. The summed E-state index contributed by atoms with van der Waals surface area (Å²) in [5, 5.41) is 2.95. The van der Waals surface area contributed by atoms with E-state index in [9.17, 15) is 9.59 Å². The highest BCUT2D eigenvalue weighted by molar-refractivity contribution is 5.79. The highest BCUT2D eigenvalue weighted by Gasteiger charge is 2.30. The SMILES string of the molecule is C=CCCc1cccc(-c2cc(N(C)N(C(=O)OC(C)(C)C)[C@@H](C)C=O)ccc2OC)c1. The number of carbonyl (C=O) groups excluding carboxylic acids is 2. The number of allylic oxidation sites excluding steroid dienone is 1. The van der Waals surface area contributed by atoms with Crippen LogP contribution in [-0.2, 0) is 16.0 Å². The first-order valence-electron chi connectivity index (χ1n) is 10.7. The van der Waals surface area contributed by atoms with Gasteiger partial charge in [0.05, 0.1) is 12.8 Å². The molecule has 0 aromatic heterocycles. The second-order valence-electron chi connectivity index (χ2n) is 8.64. The highest BCUT2D eigenvalue weighted by atomic mass is 16.6. The number of methoxy groups -OCH3 is 1. The predicted molar refractivity (Wildman–Crippen MR) is 129 cm³/mol. The number of aldehydes is 1. The molecule has 0 heterocycles. The number of carbonyl (C=O) groups is 2. The van der Waals surface area contributed by atoms with E-state index in [0.717, 1.165) is 35.4 Å². The van der Waals surface area contributed by atoms with Gasteiger partial charge in [0.15, 0.2) is 0 Å². The van der Waals surface area contributed by atoms with Gasteiger partial charge in [-0.05, 0) is 69.9 Å². The molecule has 0 fully saturated rings. The van der Waals surface area contributed by atoms with Crippen molar-refractivity contribution in [1.82, 2.24) is 5.01 Å². The van der Waals surface area contributed by atoms with Crippen LogP contribution in [0.2, 0.25) is 0 Å². The second-order valence-corrected chi connectivity index (χ2v) is 8.64. The summed E-state index contributed by atoms with van der Waals surface area (Å²) >= 11 is 0. The van der Waals surface area contributed by atoms with Crippen molar-refractivity contribution in [3.8, 4) is 16.9 Å². The molecule has 6 nitrogen and oxygen atoms in total. The third kappa shape index (κ3) is 6.36. The van der Waals surface area contributed by atoms with E-state index in [1.165, 1.54) is 10.6 Å². The maximum absolute atomic E-state index is 12.9. The van der Waals surface area contributed by atoms with Crippen molar-refractivity contribution in [3.05, 3.63) is 60.7 Å². The molecule has 2 rings (SSSR count). The molecule has 2 aromatic rings. The van der Waals surface area contributed by atoms with Gasteiger partial charge in [-0.15, -0.1) is 6.58 Å². The number of hydrazine groups is 1. The molecule has 2 aromatic carbocycles. The Morgan fingerprint density at radius 1 is 1.19 bits per heavy atom. The van der Waals surface area contributed by atoms with Crippen LogP contribution in [0, 0.1) is 0 Å². The van der Waals surface area contributed by atoms with E-state index in [-0.39, 0.29) is 0 Å². The van der Waals surface area contributed by atoms with Crippen LogP contribution < -0.4 is 9.75 Å². The van der Waals surface area contributed by atoms with E-state index >= 15 is 0 Å². The van der Waals surface area contributed by atoms with Crippen LogP contribution in [0.4, 0.5) is 10.5 Å². The summed E-state index contributed by atoms with van der Waals surface area (Å²) in [7, 11) is 3.36. The van der Waals surface area contributed by atoms with Crippen molar-refractivity contribution in [2.45, 2.75) is 52.2 Å². The number of anilines is 1. The molecule has 0 saturated carbocycles. The van der Waals surface area contributed by atoms with Crippen molar-refractivity contribution in [2.75, 3.05) is 19.2 Å². The molecule has 0 unspecified atom stereocenters. The van der Waals surface area contributed by atoms with Gasteiger partial charge in [-0.25, -0.2) is 9.80 Å². The first kappa shape index (κ1) is 25.0. The molecule has 0 aliphatic carbocycles. The van der Waals surface area contributed by atoms with E-state index in [2.05, 4.69) is 18.7 Å². The van der Waals surface area contributed by atoms with E-state index in [0.29, 0.717) is 6.29 Å². The number of benzene rings is 2. The Kier molecular flexibility index (Phi) is 8.47. The zero-order valence-corrected chi connectivity index (χ0v) is 19.9. The maximum atomic E-state index is 12.9. The predicted octanol–water partition coefficient (Wildman–Crippen LogP) is 5.66. The molecular weight excluding hydrogens is 404 g/mol. The minimum absolute atomic E-state index is 0.594. The summed E-state index contributed by atoms with van der Waals surface area (Å²) in [5.74, 6) is 0.718. The third-order valence-corrected chi connectivity index (χ3v) is 4.92. The second kappa shape index (κ2) is 10.8. The summed E-state index contributed by atoms with van der Waals surface area (Å²) < 4.78 is 11.1. The van der Waals surface area contributed by atoms with Gasteiger partial charge < -0.3 is 14.3 Å². The van der Waals surface area contributed by atoms with Crippen molar-refractivity contribution >= 4 is 18.1 Å². The zero-order chi connectivity index (χ0) is 23.9. The van der Waals surface area contributed by atoms with Gasteiger partial charge >= 0.3 is 6.09 Å². The normalized spacial score (nSPS) is 11.9. The Hall–Kier alpha value is -3.28. The van der Waals surface area contributed by atoms with Gasteiger partial charge in [-0.3, -0.25) is 5.01 Å². The van der Waals surface area contributed by atoms with Crippen LogP contribution >= 0.6 is 0 Å². The summed E-state index contributed by atoms with van der Waals surface area (Å²) in [6, 6.07) is 13.2. The molecule has 0 aliphatic heterocycles. The summed E-state index contributed by atoms with van der Waals surface area (Å²) in [6.45, 7) is 10.8. The number of rotatable bonds is 9. The van der Waals surface area contributed by atoms with Crippen LogP contribution in [0.15, 0.2) is 55.1 Å². The van der Waals surface area contributed by atoms with Crippen LogP contribution in [-0.4, -0.2) is 43.2 Å². The van der Waals surface area contributed by atoms with Crippen molar-refractivity contribution in [3.63, 3.8) is 0 Å². The first-order valence-corrected chi connectivity index (χ1v) is 10.7. The third-order valence-electron chi connectivity index (χ3n) is 4.92. The maximum Gasteiger partial charge on any atom is 0.429 e. The average Bonchev–Trinajstić information content (AvgIpc) is 2.76. The minimum Gasteiger partial charge on any atom is -0.496 e. The molecular formula is C26H34N2O4. The van der Waals surface area contributed by atoms with E-state index in [4.69, 9.17) is 9.47 Å². The standard InChI is InChI=1S/C26H34N2O4/c1-8-9-11-20-12-10-13-21(16-20)23-17-22(14-15-24(23)31-7)27(6)28(19(2)18-29)25(30)32-26(3,4)5/h8,10,12-19H,1,9,11H2,2-7H3/t19-/m0/s1. The smallest absolute Gasteiger partial charge is 0.429 e. The Morgan fingerprint density at radius 2 is 1.91 bits per heavy atom. The molecule has 0 bridgehead atoms. The zero-order valence-electron chi connectivity index (χ0n) is 19.9. The van der Waals surface area contributed by atoms with Crippen LogP contribution in [0.3, 0.4) is 0 Å². The topological polar surface area (TPSA) is 59.1 Å². The van der Waals surface area contributed by atoms with Gasteiger partial charge in [-0.2, -0.15) is 0 Å². The number of hydrogen-bond donors (Lipinski definition) is 0. The van der Waals surface area contributed by atoms with E-state index in [1.54, 1.807) is 46.9 Å². The summed E-state index contributed by atoms with van der Waals surface area (Å²) in [5.41, 5.74) is 3.13. The van der Waals surface area contributed by atoms with Crippen molar-refractivity contribution < 1.29 is 19.1 Å². The number of hydrogen-bond acceptors (Lipinski definition) is 5. The molecule has 0 aliphatic rings. The molecule has 0 N–H and O–H groups in total. The summed E-state index contributed by atoms with van der Waals surface area (Å²) in [4.78, 5) is 24.4. The highest BCUT2D eigenvalue weighted by Crippen LogP contribution is 2.35. The van der Waals surface area contributed by atoms with Gasteiger partial charge in [0.25, 0.3) is 0 Å². The van der Waals surface area contributed by atoms with Gasteiger partial charge in [-0.1, -0.05) is 30.3 Å². The van der Waals surface area contributed by atoms with Gasteiger partial charge in [0, 0.05) is 12.6 Å². The van der Waals surface area contributed by atoms with E-state index in [1.807, 2.05) is 36.4 Å². The molecule has 1 amide bonds. The Morgan fingerprint density at radius 3 is 2.50 bits per heavy atom. The number of nitrogens with zero attached hydrogens (tertiary/aromatic N) is 2. The van der Waals surface area contributed by atoms with Crippen LogP contribution in [0.25, 0.3) is 11.1 Å². The molecule has 0 spiro atoms. The fourth-order valence-corrected chi connectivity index (χ4v) is 3.34. The Balaban J connectivity index is 2.48. The molecule has 0 radical (unpaired) electrons. The monoisotopic (exact) mass is 438 g/mol. The van der Waals surface area contributed by atoms with Crippen molar-refractivity contribution in [1.29, 1.82) is 0 Å². The van der Waals surface area contributed by atoms with Gasteiger partial charge in [0.1, 0.15) is 23.7 Å². The summed E-state index contributed by atoms with van der Waals surface area (Å²) in [6.07, 6.45) is 3.83. The molecule has 1 atom stereocenters. The fourth-order valence-electron chi connectivity index (χ4n) is 3.34. The van der Waals surface area contributed by atoms with Gasteiger partial charge in [0.2, 0.25) is 0 Å². The quantitative estimate of drug-likeness (QED) is 0.287. The largest absolute Gasteiger partial charge is 0.496 e.